The van der Waals surface area contributed by atoms with Crippen LogP contribution in [0.4, 0.5) is 4.79 Å². The van der Waals surface area contributed by atoms with Crippen molar-refractivity contribution in [3.63, 3.8) is 0 Å². The molecule has 6 atom stereocenters. The van der Waals surface area contributed by atoms with Crippen LogP contribution < -0.4 is 16.2 Å². The number of benzene rings is 1. The summed E-state index contributed by atoms with van der Waals surface area (Å²) in [5.74, 6) is 0.697. The van der Waals surface area contributed by atoms with Gasteiger partial charge in [0.25, 0.3) is 0 Å². The quantitative estimate of drug-likeness (QED) is 0.592. The first-order chi connectivity index (χ1) is 14.6. The third-order valence-electron chi connectivity index (χ3n) is 6.77. The summed E-state index contributed by atoms with van der Waals surface area (Å²) in [6.45, 7) is 0.463. The van der Waals surface area contributed by atoms with E-state index in [1.54, 1.807) is 17.2 Å². The van der Waals surface area contributed by atoms with Gasteiger partial charge in [-0.15, -0.1) is 0 Å². The summed E-state index contributed by atoms with van der Waals surface area (Å²) in [6, 6.07) is 9.39. The number of fused-ring (bicyclic) bond motifs is 2. The minimum absolute atomic E-state index is 0.123. The van der Waals surface area contributed by atoms with Crippen LogP contribution in [0.2, 0.25) is 5.02 Å². The van der Waals surface area contributed by atoms with Gasteiger partial charge in [0.1, 0.15) is 0 Å². The van der Waals surface area contributed by atoms with E-state index in [9.17, 15) is 9.90 Å². The third kappa shape index (κ3) is 3.54. The molecule has 0 bridgehead atoms. The van der Waals surface area contributed by atoms with Crippen LogP contribution in [-0.4, -0.2) is 51.5 Å². The molecular weight excluding hydrogens is 404 g/mol. The number of nitrogens with zero attached hydrogens (tertiary/aromatic N) is 3. The minimum Gasteiger partial charge on any atom is -0.394 e. The predicted molar refractivity (Wildman–Crippen MR) is 111 cm³/mol. The van der Waals surface area contributed by atoms with E-state index in [1.807, 2.05) is 30.5 Å². The van der Waals surface area contributed by atoms with Gasteiger partial charge in [-0.3, -0.25) is 5.43 Å². The van der Waals surface area contributed by atoms with Crippen molar-refractivity contribution in [1.29, 1.82) is 0 Å². The van der Waals surface area contributed by atoms with Crippen LogP contribution in [0.1, 0.15) is 36.1 Å². The van der Waals surface area contributed by atoms with Gasteiger partial charge in [0.05, 0.1) is 24.9 Å². The molecule has 5 rings (SSSR count). The van der Waals surface area contributed by atoms with Gasteiger partial charge in [-0.1, -0.05) is 23.7 Å². The van der Waals surface area contributed by atoms with Crippen molar-refractivity contribution in [1.82, 2.24) is 31.3 Å². The molecule has 0 radical (unpaired) electrons. The zero-order valence-electron chi connectivity index (χ0n) is 16.4. The van der Waals surface area contributed by atoms with E-state index >= 15 is 0 Å². The van der Waals surface area contributed by atoms with E-state index in [2.05, 4.69) is 26.4 Å². The van der Waals surface area contributed by atoms with E-state index < -0.39 is 6.04 Å². The van der Waals surface area contributed by atoms with Crippen molar-refractivity contribution in [3.05, 3.63) is 58.9 Å². The smallest absolute Gasteiger partial charge is 0.318 e. The van der Waals surface area contributed by atoms with Crippen LogP contribution in [0.3, 0.4) is 0 Å². The fourth-order valence-electron chi connectivity index (χ4n) is 5.29. The van der Waals surface area contributed by atoms with Crippen molar-refractivity contribution in [2.24, 2.45) is 11.8 Å². The maximum atomic E-state index is 12.9. The number of hydrogen-bond donors (Lipinski definition) is 4. The maximum absolute atomic E-state index is 12.9. The topological polar surface area (TPSA) is 102 Å². The second kappa shape index (κ2) is 8.11. The Bertz CT molecular complexity index is 915. The highest BCUT2D eigenvalue weighted by Crippen LogP contribution is 2.42. The highest BCUT2D eigenvalue weighted by atomic mass is 35.5. The van der Waals surface area contributed by atoms with Crippen molar-refractivity contribution >= 4 is 17.6 Å². The van der Waals surface area contributed by atoms with Crippen LogP contribution in [0.5, 0.6) is 0 Å². The maximum Gasteiger partial charge on any atom is 0.318 e. The number of hydrazine groups is 1. The fraction of sp³-hybridized carbons (Fsp3) is 0.476. The summed E-state index contributed by atoms with van der Waals surface area (Å²) in [5, 5.41) is 21.8. The highest BCUT2D eigenvalue weighted by molar-refractivity contribution is 6.30. The summed E-state index contributed by atoms with van der Waals surface area (Å²) in [7, 11) is 0. The number of carbonyl (C=O) groups is 1. The molecule has 1 aromatic carbocycles. The molecule has 1 saturated carbocycles. The summed E-state index contributed by atoms with van der Waals surface area (Å²) in [4.78, 5) is 14.7. The predicted octanol–water partition coefficient (Wildman–Crippen LogP) is 1.80. The Morgan fingerprint density at radius 2 is 2.10 bits per heavy atom. The summed E-state index contributed by atoms with van der Waals surface area (Å²) >= 11 is 6.14. The molecule has 1 aliphatic carbocycles. The van der Waals surface area contributed by atoms with Crippen LogP contribution >= 0.6 is 11.6 Å². The van der Waals surface area contributed by atoms with Crippen molar-refractivity contribution in [2.45, 2.75) is 37.0 Å². The second-order valence-electron chi connectivity index (χ2n) is 8.41. The summed E-state index contributed by atoms with van der Waals surface area (Å²) in [6.07, 6.45) is 5.36. The highest BCUT2D eigenvalue weighted by Gasteiger charge is 2.48. The molecule has 2 aliphatic heterocycles. The second-order valence-corrected chi connectivity index (χ2v) is 8.84. The molecule has 0 spiro atoms. The lowest BCUT2D eigenvalue weighted by atomic mass is 9.71. The van der Waals surface area contributed by atoms with Crippen molar-refractivity contribution < 1.29 is 9.90 Å². The summed E-state index contributed by atoms with van der Waals surface area (Å²) in [5.41, 5.74) is 8.79. The lowest BCUT2D eigenvalue weighted by molar-refractivity contribution is 0.0623. The number of halogens is 1. The average Bonchev–Trinajstić information content (AvgIpc) is 3.16. The molecule has 158 valence electrons. The van der Waals surface area contributed by atoms with Gasteiger partial charge >= 0.3 is 6.03 Å². The Morgan fingerprint density at radius 3 is 2.87 bits per heavy atom. The largest absolute Gasteiger partial charge is 0.394 e. The van der Waals surface area contributed by atoms with Crippen LogP contribution in [-0.2, 0) is 0 Å². The van der Waals surface area contributed by atoms with E-state index in [-0.39, 0.29) is 30.8 Å². The zero-order chi connectivity index (χ0) is 20.7. The van der Waals surface area contributed by atoms with E-state index in [4.69, 9.17) is 11.6 Å². The zero-order valence-corrected chi connectivity index (χ0v) is 17.2. The number of hydrogen-bond acceptors (Lipinski definition) is 6. The summed E-state index contributed by atoms with van der Waals surface area (Å²) < 4.78 is 0. The van der Waals surface area contributed by atoms with Gasteiger partial charge in [-0.25, -0.2) is 10.2 Å². The van der Waals surface area contributed by atoms with Crippen LogP contribution in [0, 0.1) is 11.8 Å². The molecular formula is C21H25ClN6O2. The lowest BCUT2D eigenvalue weighted by Crippen LogP contribution is -2.61. The first-order valence-corrected chi connectivity index (χ1v) is 10.7. The number of aliphatic hydroxyl groups excluding tert-OH is 1. The average molecular weight is 429 g/mol. The minimum atomic E-state index is -0.414. The Kier molecular flexibility index (Phi) is 5.32. The fourth-order valence-corrected chi connectivity index (χ4v) is 5.49. The Hall–Kier alpha value is -2.26. The number of urea groups is 1. The lowest BCUT2D eigenvalue weighted by Gasteiger charge is -2.47. The van der Waals surface area contributed by atoms with Gasteiger partial charge in [-0.05, 0) is 54.0 Å². The SMILES string of the molecule is O=C1NC2CC3NNC(c4ccnnc4)C3CC2CN1[C@H](CO)c1cccc(Cl)c1. The van der Waals surface area contributed by atoms with Gasteiger partial charge in [-0.2, -0.15) is 10.2 Å². The third-order valence-corrected chi connectivity index (χ3v) is 7.01. The van der Waals surface area contributed by atoms with E-state index in [0.717, 1.165) is 24.0 Å². The molecule has 5 unspecified atom stereocenters. The number of aliphatic hydroxyl groups is 1. The van der Waals surface area contributed by atoms with Gasteiger partial charge in [0.15, 0.2) is 0 Å². The number of amides is 2. The molecule has 1 aromatic heterocycles. The first-order valence-electron chi connectivity index (χ1n) is 10.3. The Morgan fingerprint density at radius 1 is 1.20 bits per heavy atom. The molecule has 2 amide bonds. The molecule has 3 heterocycles. The van der Waals surface area contributed by atoms with Crippen LogP contribution in [0.15, 0.2) is 42.7 Å². The van der Waals surface area contributed by atoms with Gasteiger partial charge < -0.3 is 15.3 Å². The Balaban J connectivity index is 1.36. The molecule has 2 aromatic rings. The van der Waals surface area contributed by atoms with Crippen molar-refractivity contribution in [3.8, 4) is 0 Å². The molecule has 8 nitrogen and oxygen atoms in total. The molecule has 4 N–H and O–H groups in total. The first kappa shape index (κ1) is 19.7. The number of carbonyl (C=O) groups excluding carboxylic acids is 1. The monoisotopic (exact) mass is 428 g/mol. The van der Waals surface area contributed by atoms with Crippen LogP contribution in [0.25, 0.3) is 0 Å². The molecule has 3 aliphatic rings. The number of aromatic nitrogens is 2. The standard InChI is InChI=1S/C21H25ClN6O2/c22-15-3-1-2-12(6-15)19(11-29)28-10-14-7-16-18(8-17(14)25-21(28)30)26-27-20(16)13-4-5-23-24-9-13/h1-6,9,14,16-20,26-27,29H,7-8,10-11H2,(H,25,30)/t14?,16?,17?,18?,19-,20?/m1/s1. The molecule has 30 heavy (non-hydrogen) atoms. The Labute approximate surface area is 180 Å². The number of nitrogens with one attached hydrogen (secondary N) is 3. The normalized spacial score (nSPS) is 31.6. The van der Waals surface area contributed by atoms with Gasteiger partial charge in [0.2, 0.25) is 0 Å². The molecule has 3 fully saturated rings. The molecule has 2 saturated heterocycles. The van der Waals surface area contributed by atoms with E-state index in [0.29, 0.717) is 23.4 Å². The number of rotatable bonds is 4. The molecule has 9 heteroatoms. The van der Waals surface area contributed by atoms with Gasteiger partial charge in [0, 0.05) is 29.8 Å². The van der Waals surface area contributed by atoms with Crippen molar-refractivity contribution in [2.75, 3.05) is 13.2 Å². The van der Waals surface area contributed by atoms with E-state index in [1.165, 1.54) is 0 Å².